The van der Waals surface area contributed by atoms with Gasteiger partial charge in [0.1, 0.15) is 5.01 Å². The molecule has 0 spiro atoms. The summed E-state index contributed by atoms with van der Waals surface area (Å²) in [4.78, 5) is 18.4. The van der Waals surface area contributed by atoms with Gasteiger partial charge in [0.05, 0.1) is 17.3 Å². The molecule has 2 amide bonds. The van der Waals surface area contributed by atoms with Gasteiger partial charge in [-0.15, -0.1) is 11.3 Å². The van der Waals surface area contributed by atoms with Gasteiger partial charge in [0.15, 0.2) is 0 Å². The first-order valence-corrected chi connectivity index (χ1v) is 11.5. The van der Waals surface area contributed by atoms with E-state index in [9.17, 15) is 4.79 Å². The van der Waals surface area contributed by atoms with Crippen LogP contribution in [0.5, 0.6) is 0 Å². The van der Waals surface area contributed by atoms with Gasteiger partial charge in [-0.25, -0.2) is 9.78 Å². The Morgan fingerprint density at radius 1 is 1.18 bits per heavy atom. The lowest BCUT2D eigenvalue weighted by Gasteiger charge is -2.56. The number of aromatic nitrogens is 1. The molecule has 1 heterocycles. The summed E-state index contributed by atoms with van der Waals surface area (Å²) in [5, 5.41) is 8.06. The van der Waals surface area contributed by atoms with Crippen LogP contribution in [-0.4, -0.2) is 16.6 Å². The zero-order chi connectivity index (χ0) is 19.3. The van der Waals surface area contributed by atoms with Crippen molar-refractivity contribution in [1.82, 2.24) is 15.6 Å². The maximum absolute atomic E-state index is 12.7. The highest BCUT2D eigenvalue weighted by Crippen LogP contribution is 2.55. The Hall–Kier alpha value is -1.59. The van der Waals surface area contributed by atoms with Gasteiger partial charge < -0.3 is 10.6 Å². The summed E-state index contributed by atoms with van der Waals surface area (Å²) in [6, 6.07) is 7.72. The van der Waals surface area contributed by atoms with E-state index in [1.54, 1.807) is 11.3 Å². The van der Waals surface area contributed by atoms with Gasteiger partial charge in [0.2, 0.25) is 0 Å². The van der Waals surface area contributed by atoms with Crippen molar-refractivity contribution in [2.75, 3.05) is 0 Å². The fraction of sp³-hybridized carbons (Fsp3) is 0.545. The van der Waals surface area contributed by atoms with Gasteiger partial charge in [-0.2, -0.15) is 0 Å². The van der Waals surface area contributed by atoms with Crippen LogP contribution < -0.4 is 10.6 Å². The molecule has 0 saturated heterocycles. The van der Waals surface area contributed by atoms with Crippen LogP contribution in [0.1, 0.15) is 49.1 Å². The Bertz CT molecular complexity index is 874. The Morgan fingerprint density at radius 2 is 1.82 bits per heavy atom. The number of halogens is 1. The Kier molecular flexibility index (Phi) is 4.63. The van der Waals surface area contributed by atoms with Crippen LogP contribution in [0.25, 0.3) is 10.6 Å². The molecule has 28 heavy (non-hydrogen) atoms. The van der Waals surface area contributed by atoms with E-state index < -0.39 is 0 Å². The summed E-state index contributed by atoms with van der Waals surface area (Å²) in [6.45, 7) is 2.50. The van der Waals surface area contributed by atoms with Crippen LogP contribution in [0, 0.1) is 24.7 Å². The SMILES string of the molecule is Cc1nc(-c2ccccc2Cl)sc1CNC(=O)NC12CC3CC(CC(C3)C1)C2. The summed E-state index contributed by atoms with van der Waals surface area (Å²) < 4.78 is 0. The zero-order valence-corrected chi connectivity index (χ0v) is 17.7. The minimum Gasteiger partial charge on any atom is -0.333 e. The van der Waals surface area contributed by atoms with E-state index in [1.165, 1.54) is 38.5 Å². The number of urea groups is 1. The third-order valence-electron chi connectivity index (χ3n) is 6.82. The number of benzene rings is 1. The molecule has 4 aliphatic rings. The number of hydrogen-bond acceptors (Lipinski definition) is 3. The fourth-order valence-electron chi connectivity index (χ4n) is 6.05. The predicted octanol–water partition coefficient (Wildman–Crippen LogP) is 5.54. The number of carbonyl (C=O) groups excluding carboxylic acids is 1. The second kappa shape index (κ2) is 7.03. The van der Waals surface area contributed by atoms with Crippen molar-refractivity contribution in [1.29, 1.82) is 0 Å². The van der Waals surface area contributed by atoms with Crippen molar-refractivity contribution in [3.8, 4) is 10.6 Å². The van der Waals surface area contributed by atoms with Gasteiger partial charge >= 0.3 is 6.03 Å². The fourth-order valence-corrected chi connectivity index (χ4v) is 7.37. The van der Waals surface area contributed by atoms with Gasteiger partial charge in [-0.05, 0) is 69.3 Å². The minimum absolute atomic E-state index is 0.0333. The van der Waals surface area contributed by atoms with Crippen molar-refractivity contribution in [2.45, 2.75) is 57.5 Å². The second-order valence-corrected chi connectivity index (χ2v) is 10.5. The van der Waals surface area contributed by atoms with Crippen molar-refractivity contribution in [3.05, 3.63) is 39.9 Å². The van der Waals surface area contributed by atoms with Gasteiger partial charge in [0.25, 0.3) is 0 Å². The Morgan fingerprint density at radius 3 is 2.46 bits per heavy atom. The summed E-state index contributed by atoms with van der Waals surface area (Å²) in [7, 11) is 0. The molecule has 1 aromatic heterocycles. The molecule has 4 saturated carbocycles. The summed E-state index contributed by atoms with van der Waals surface area (Å²) in [5.41, 5.74) is 1.95. The van der Waals surface area contributed by atoms with Crippen LogP contribution in [0.15, 0.2) is 24.3 Å². The topological polar surface area (TPSA) is 54.0 Å². The second-order valence-electron chi connectivity index (χ2n) is 9.01. The molecule has 4 fully saturated rings. The highest BCUT2D eigenvalue weighted by molar-refractivity contribution is 7.15. The van der Waals surface area contributed by atoms with Crippen molar-refractivity contribution < 1.29 is 4.79 Å². The van der Waals surface area contributed by atoms with Gasteiger partial charge in [-0.1, -0.05) is 29.8 Å². The lowest BCUT2D eigenvalue weighted by atomic mass is 9.53. The van der Waals surface area contributed by atoms with E-state index in [-0.39, 0.29) is 11.6 Å². The summed E-state index contributed by atoms with van der Waals surface area (Å²) >= 11 is 7.91. The molecular formula is C22H26ClN3OS. The quantitative estimate of drug-likeness (QED) is 0.688. The first kappa shape index (κ1) is 18.4. The monoisotopic (exact) mass is 415 g/mol. The average Bonchev–Trinajstić information content (AvgIpc) is 2.99. The minimum atomic E-state index is -0.0333. The van der Waals surface area contributed by atoms with Crippen LogP contribution >= 0.6 is 22.9 Å². The molecule has 0 radical (unpaired) electrons. The first-order chi connectivity index (χ1) is 13.5. The molecule has 1 aromatic carbocycles. The maximum atomic E-state index is 12.7. The number of thiazole rings is 1. The first-order valence-electron chi connectivity index (χ1n) is 10.3. The van der Waals surface area contributed by atoms with E-state index in [2.05, 4.69) is 15.6 Å². The number of hydrogen-bond donors (Lipinski definition) is 2. The van der Waals surface area contributed by atoms with Gasteiger partial charge in [0, 0.05) is 16.0 Å². The lowest BCUT2D eigenvalue weighted by Crippen LogP contribution is -2.61. The third kappa shape index (κ3) is 3.43. The smallest absolute Gasteiger partial charge is 0.315 e. The molecule has 4 aliphatic carbocycles. The molecule has 6 rings (SSSR count). The predicted molar refractivity (Wildman–Crippen MR) is 114 cm³/mol. The van der Waals surface area contributed by atoms with E-state index in [1.807, 2.05) is 31.2 Å². The van der Waals surface area contributed by atoms with Crippen molar-refractivity contribution >= 4 is 29.0 Å². The molecule has 4 bridgehead atoms. The Labute approximate surface area is 175 Å². The summed E-state index contributed by atoms with van der Waals surface area (Å²) in [6.07, 6.45) is 7.66. The molecule has 0 aliphatic heterocycles. The van der Waals surface area contributed by atoms with Gasteiger partial charge in [-0.3, -0.25) is 0 Å². The molecule has 0 unspecified atom stereocenters. The third-order valence-corrected chi connectivity index (χ3v) is 8.34. The standard InChI is InChI=1S/C22H26ClN3OS/c1-13-19(28-20(25-13)17-4-2-3-5-18(17)23)12-24-21(27)26-22-9-14-6-15(10-22)8-16(7-14)11-22/h2-5,14-16H,6-12H2,1H3,(H2,24,26,27). The normalized spacial score (nSPS) is 30.4. The highest BCUT2D eigenvalue weighted by Gasteiger charge is 2.51. The number of nitrogens with one attached hydrogen (secondary N) is 2. The molecule has 0 atom stereocenters. The van der Waals surface area contributed by atoms with E-state index in [4.69, 9.17) is 11.6 Å². The molecule has 2 aromatic rings. The zero-order valence-electron chi connectivity index (χ0n) is 16.1. The number of aryl methyl sites for hydroxylation is 1. The van der Waals surface area contributed by atoms with Crippen LogP contribution in [0.4, 0.5) is 4.79 Å². The van der Waals surface area contributed by atoms with E-state index in [0.29, 0.717) is 11.6 Å². The van der Waals surface area contributed by atoms with Crippen LogP contribution in [0.2, 0.25) is 5.02 Å². The lowest BCUT2D eigenvalue weighted by molar-refractivity contribution is -0.0135. The maximum Gasteiger partial charge on any atom is 0.315 e. The average molecular weight is 416 g/mol. The number of carbonyl (C=O) groups is 1. The molecule has 4 nitrogen and oxygen atoms in total. The van der Waals surface area contributed by atoms with Crippen molar-refractivity contribution in [2.24, 2.45) is 17.8 Å². The summed E-state index contributed by atoms with van der Waals surface area (Å²) in [5.74, 6) is 2.48. The number of rotatable bonds is 4. The number of nitrogens with zero attached hydrogens (tertiary/aromatic N) is 1. The van der Waals surface area contributed by atoms with E-state index >= 15 is 0 Å². The van der Waals surface area contributed by atoms with Crippen molar-refractivity contribution in [3.63, 3.8) is 0 Å². The molecule has 148 valence electrons. The number of amides is 2. The largest absolute Gasteiger partial charge is 0.333 e. The van der Waals surface area contributed by atoms with Crippen LogP contribution in [0.3, 0.4) is 0 Å². The molecule has 2 N–H and O–H groups in total. The van der Waals surface area contributed by atoms with E-state index in [0.717, 1.165) is 38.9 Å². The molecular weight excluding hydrogens is 390 g/mol. The van der Waals surface area contributed by atoms with Crippen LogP contribution in [-0.2, 0) is 6.54 Å². The highest BCUT2D eigenvalue weighted by atomic mass is 35.5. The Balaban J connectivity index is 1.23. The molecule has 6 heteroatoms.